The fraction of sp³-hybridized carbons (Fsp3) is 0.455. The molecule has 0 spiro atoms. The van der Waals surface area contributed by atoms with Gasteiger partial charge in [-0.05, 0) is 35.2 Å². The zero-order valence-electron chi connectivity index (χ0n) is 10.2. The molecule has 0 aromatic carbocycles. The zero-order valence-corrected chi connectivity index (χ0v) is 10.2. The van der Waals surface area contributed by atoms with E-state index in [0.717, 1.165) is 17.8 Å². The van der Waals surface area contributed by atoms with Gasteiger partial charge in [0.2, 0.25) is 5.65 Å². The predicted octanol–water partition coefficient (Wildman–Crippen LogP) is -1.28. The van der Waals surface area contributed by atoms with E-state index in [1.165, 1.54) is 0 Å². The van der Waals surface area contributed by atoms with Crippen LogP contribution in [0, 0.1) is 5.92 Å². The summed E-state index contributed by atoms with van der Waals surface area (Å²) in [6, 6.07) is 3.29. The second kappa shape index (κ2) is 4.90. The molecule has 0 aliphatic carbocycles. The Morgan fingerprint density at radius 3 is 3.32 bits per heavy atom. The highest BCUT2D eigenvalue weighted by Gasteiger charge is 2.30. The van der Waals surface area contributed by atoms with Crippen molar-refractivity contribution in [2.75, 3.05) is 13.1 Å². The Kier molecular flexibility index (Phi) is 3.10. The third-order valence-corrected chi connectivity index (χ3v) is 3.20. The number of fused-ring (bicyclic) bond motifs is 1. The van der Waals surface area contributed by atoms with E-state index in [9.17, 15) is 4.79 Å². The van der Waals surface area contributed by atoms with Gasteiger partial charge in [0.25, 0.3) is 0 Å². The Balaban J connectivity index is 1.79. The molecule has 1 saturated heterocycles. The number of hydrogen-bond donors (Lipinski definition) is 2. The van der Waals surface area contributed by atoms with Gasteiger partial charge >= 0.3 is 5.97 Å². The Hall–Kier alpha value is -2.06. The van der Waals surface area contributed by atoms with Crippen LogP contribution in [0.1, 0.15) is 6.42 Å². The molecule has 1 fully saturated rings. The number of pyridine rings is 1. The normalized spacial score (nSPS) is 23.4. The summed E-state index contributed by atoms with van der Waals surface area (Å²) < 4.78 is 0. The van der Waals surface area contributed by atoms with Crippen LogP contribution in [0.25, 0.3) is 11.2 Å². The van der Waals surface area contributed by atoms with E-state index in [-0.39, 0.29) is 12.0 Å². The first-order valence-electron chi connectivity index (χ1n) is 6.10. The van der Waals surface area contributed by atoms with Crippen LogP contribution in [0.3, 0.4) is 0 Å². The second-order valence-corrected chi connectivity index (χ2v) is 4.48. The van der Waals surface area contributed by atoms with E-state index in [4.69, 9.17) is 10.6 Å². The molecule has 3 heterocycles. The molecule has 0 bridgehead atoms. The van der Waals surface area contributed by atoms with Gasteiger partial charge in [0.1, 0.15) is 5.52 Å². The van der Waals surface area contributed by atoms with Gasteiger partial charge in [-0.2, -0.15) is 0 Å². The first-order chi connectivity index (χ1) is 9.25. The van der Waals surface area contributed by atoms with Crippen molar-refractivity contribution in [1.82, 2.24) is 25.5 Å². The summed E-state index contributed by atoms with van der Waals surface area (Å²) in [6.07, 6.45) is 2.33. The van der Waals surface area contributed by atoms with Gasteiger partial charge in [0.05, 0.1) is 5.92 Å². The summed E-state index contributed by atoms with van der Waals surface area (Å²) in [5, 5.41) is 10.7. The van der Waals surface area contributed by atoms with Crippen LogP contribution in [0.4, 0.5) is 0 Å². The van der Waals surface area contributed by atoms with Crippen LogP contribution in [0.2, 0.25) is 0 Å². The molecule has 2 atom stereocenters. The molecule has 8 nitrogen and oxygen atoms in total. The Labute approximate surface area is 108 Å². The topological polar surface area (TPSA) is 108 Å². The van der Waals surface area contributed by atoms with Crippen molar-refractivity contribution in [3.8, 4) is 0 Å². The highest BCUT2D eigenvalue weighted by Crippen LogP contribution is 2.11. The molecule has 19 heavy (non-hydrogen) atoms. The van der Waals surface area contributed by atoms with Crippen molar-refractivity contribution in [3.05, 3.63) is 18.3 Å². The maximum atomic E-state index is 12.1. The fourth-order valence-corrected chi connectivity index (χ4v) is 2.10. The quantitative estimate of drug-likeness (QED) is 0.649. The molecule has 0 saturated carbocycles. The van der Waals surface area contributed by atoms with Gasteiger partial charge in [0.15, 0.2) is 0 Å². The fourth-order valence-electron chi connectivity index (χ4n) is 2.10. The van der Waals surface area contributed by atoms with Gasteiger partial charge in [-0.25, -0.2) is 9.78 Å². The van der Waals surface area contributed by atoms with Gasteiger partial charge in [-0.3, -0.25) is 0 Å². The van der Waals surface area contributed by atoms with Crippen molar-refractivity contribution in [2.24, 2.45) is 11.7 Å². The van der Waals surface area contributed by atoms with Crippen LogP contribution >= 0.6 is 0 Å². The molecule has 2 aromatic rings. The van der Waals surface area contributed by atoms with E-state index < -0.39 is 5.97 Å². The maximum absolute atomic E-state index is 12.1. The molecule has 0 amide bonds. The SMILES string of the molecule is N[C@H]1CCNCC1C(=O)On1nnc2cccnc21. The molecular formula is C11H14N6O2. The first kappa shape index (κ1) is 12.0. The number of rotatable bonds is 2. The van der Waals surface area contributed by atoms with Crippen molar-refractivity contribution in [3.63, 3.8) is 0 Å². The van der Waals surface area contributed by atoms with Gasteiger partial charge < -0.3 is 15.9 Å². The van der Waals surface area contributed by atoms with Gasteiger partial charge in [-0.15, -0.1) is 5.10 Å². The van der Waals surface area contributed by atoms with Crippen LogP contribution in [0.15, 0.2) is 18.3 Å². The van der Waals surface area contributed by atoms with E-state index in [1.54, 1.807) is 18.3 Å². The highest BCUT2D eigenvalue weighted by molar-refractivity contribution is 5.75. The highest BCUT2D eigenvalue weighted by atomic mass is 16.7. The molecule has 0 radical (unpaired) electrons. The van der Waals surface area contributed by atoms with Gasteiger partial charge in [-0.1, -0.05) is 0 Å². The van der Waals surface area contributed by atoms with Crippen LogP contribution in [-0.2, 0) is 4.79 Å². The minimum atomic E-state index is -0.419. The van der Waals surface area contributed by atoms with Crippen LogP contribution < -0.4 is 15.9 Å². The van der Waals surface area contributed by atoms with Crippen molar-refractivity contribution in [2.45, 2.75) is 12.5 Å². The number of nitrogens with zero attached hydrogens (tertiary/aromatic N) is 4. The summed E-state index contributed by atoms with van der Waals surface area (Å²) in [7, 11) is 0. The molecule has 1 aliphatic rings. The van der Waals surface area contributed by atoms with E-state index in [1.807, 2.05) is 0 Å². The average Bonchev–Trinajstić information content (AvgIpc) is 2.83. The molecule has 3 N–H and O–H groups in total. The molecule has 8 heteroatoms. The number of aromatic nitrogens is 4. The predicted molar refractivity (Wildman–Crippen MR) is 65.9 cm³/mol. The minimum Gasteiger partial charge on any atom is -0.327 e. The lowest BCUT2D eigenvalue weighted by atomic mass is 9.94. The standard InChI is InChI=1S/C11H14N6O2/c12-8-3-5-13-6-7(8)11(18)19-17-10-9(15-16-17)2-1-4-14-10/h1-2,4,7-8,13H,3,5-6,12H2/t7?,8-/m0/s1. The van der Waals surface area contributed by atoms with E-state index >= 15 is 0 Å². The maximum Gasteiger partial charge on any atom is 0.341 e. The molecule has 1 aliphatic heterocycles. The average molecular weight is 262 g/mol. The lowest BCUT2D eigenvalue weighted by Crippen LogP contribution is -2.50. The summed E-state index contributed by atoms with van der Waals surface area (Å²) in [4.78, 5) is 22.4. The Bertz CT molecular complexity index is 598. The van der Waals surface area contributed by atoms with Crippen LogP contribution in [-0.4, -0.2) is 45.2 Å². The monoisotopic (exact) mass is 262 g/mol. The molecule has 3 rings (SSSR count). The molecule has 100 valence electrons. The minimum absolute atomic E-state index is 0.198. The Morgan fingerprint density at radius 1 is 1.58 bits per heavy atom. The first-order valence-corrected chi connectivity index (χ1v) is 6.10. The number of carbonyl (C=O) groups excluding carboxylic acids is 1. The lowest BCUT2D eigenvalue weighted by Gasteiger charge is -2.26. The number of nitrogens with one attached hydrogen (secondary N) is 1. The molecular weight excluding hydrogens is 248 g/mol. The molecule has 1 unspecified atom stereocenters. The van der Waals surface area contributed by atoms with E-state index in [2.05, 4.69) is 20.6 Å². The zero-order chi connectivity index (χ0) is 13.2. The summed E-state index contributed by atoms with van der Waals surface area (Å²) >= 11 is 0. The van der Waals surface area contributed by atoms with E-state index in [0.29, 0.717) is 17.7 Å². The molecule has 2 aromatic heterocycles. The van der Waals surface area contributed by atoms with Gasteiger partial charge in [0, 0.05) is 18.8 Å². The summed E-state index contributed by atoms with van der Waals surface area (Å²) in [5.41, 5.74) is 6.90. The number of carbonyl (C=O) groups is 1. The van der Waals surface area contributed by atoms with Crippen molar-refractivity contribution >= 4 is 17.1 Å². The van der Waals surface area contributed by atoms with Crippen LogP contribution in [0.5, 0.6) is 0 Å². The van der Waals surface area contributed by atoms with Crippen molar-refractivity contribution in [1.29, 1.82) is 0 Å². The summed E-state index contributed by atoms with van der Waals surface area (Å²) in [6.45, 7) is 1.33. The third-order valence-electron chi connectivity index (χ3n) is 3.20. The number of hydrogen-bond acceptors (Lipinski definition) is 7. The lowest BCUT2D eigenvalue weighted by molar-refractivity contribution is -0.151. The second-order valence-electron chi connectivity index (χ2n) is 4.48. The summed E-state index contributed by atoms with van der Waals surface area (Å²) in [5.74, 6) is -0.797. The number of nitrogens with two attached hydrogens (primary N) is 1. The number of piperidine rings is 1. The Morgan fingerprint density at radius 2 is 2.47 bits per heavy atom. The third kappa shape index (κ3) is 2.27. The largest absolute Gasteiger partial charge is 0.341 e. The smallest absolute Gasteiger partial charge is 0.327 e. The van der Waals surface area contributed by atoms with Crippen molar-refractivity contribution < 1.29 is 9.63 Å².